The van der Waals surface area contributed by atoms with Gasteiger partial charge >= 0.3 is 0 Å². The second-order valence-corrected chi connectivity index (χ2v) is 7.95. The Hall–Kier alpha value is -1.85. The number of carbonyl (C=O) groups is 1. The first kappa shape index (κ1) is 18.9. The predicted octanol–water partition coefficient (Wildman–Crippen LogP) is 4.28. The highest BCUT2D eigenvalue weighted by atomic mass is 32.1. The molecule has 1 N–H and O–H groups in total. The molecule has 1 fully saturated rings. The van der Waals surface area contributed by atoms with Crippen molar-refractivity contribution in [2.24, 2.45) is 5.92 Å². The lowest BCUT2D eigenvalue weighted by Gasteiger charge is -2.28. The van der Waals surface area contributed by atoms with Crippen LogP contribution in [0.15, 0.2) is 36.4 Å². The van der Waals surface area contributed by atoms with Gasteiger partial charge in [0.1, 0.15) is 10.6 Å². The van der Waals surface area contributed by atoms with Gasteiger partial charge in [0.25, 0.3) is 5.91 Å². The molecule has 2 heterocycles. The van der Waals surface area contributed by atoms with Gasteiger partial charge in [0.15, 0.2) is 0 Å². The van der Waals surface area contributed by atoms with Crippen LogP contribution >= 0.6 is 11.3 Å². The molecule has 0 saturated carbocycles. The molecule has 1 aromatic heterocycles. The maximum Gasteiger partial charge on any atom is 0.265 e. The van der Waals surface area contributed by atoms with E-state index in [4.69, 9.17) is 4.74 Å². The SMILES string of the molecule is CCOc1cc(-c2ccccc2)sc1C(=O)NCCC1CCN(C)CC1. The van der Waals surface area contributed by atoms with Crippen LogP contribution in [0.3, 0.4) is 0 Å². The minimum Gasteiger partial charge on any atom is -0.492 e. The Labute approximate surface area is 160 Å². The van der Waals surface area contributed by atoms with Crippen LogP contribution in [0, 0.1) is 5.92 Å². The number of hydrogen-bond acceptors (Lipinski definition) is 4. The Morgan fingerprint density at radius 2 is 2.00 bits per heavy atom. The third-order valence-corrected chi connectivity index (χ3v) is 6.10. The summed E-state index contributed by atoms with van der Waals surface area (Å²) in [6.07, 6.45) is 3.52. The van der Waals surface area contributed by atoms with Crippen LogP contribution in [0.4, 0.5) is 0 Å². The molecule has 0 bridgehead atoms. The largest absolute Gasteiger partial charge is 0.492 e. The molecule has 140 valence electrons. The van der Waals surface area contributed by atoms with Gasteiger partial charge in [0.05, 0.1) is 6.61 Å². The number of benzene rings is 1. The molecular formula is C21H28N2O2S. The number of ether oxygens (including phenoxy) is 1. The average Bonchev–Trinajstić information content (AvgIpc) is 3.08. The fourth-order valence-corrected chi connectivity index (χ4v) is 4.38. The molecule has 4 nitrogen and oxygen atoms in total. The van der Waals surface area contributed by atoms with Gasteiger partial charge in [-0.1, -0.05) is 30.3 Å². The van der Waals surface area contributed by atoms with Gasteiger partial charge in [0.2, 0.25) is 0 Å². The molecule has 0 radical (unpaired) electrons. The molecule has 5 heteroatoms. The Kier molecular flexibility index (Phi) is 6.69. The number of amides is 1. The van der Waals surface area contributed by atoms with Gasteiger partial charge in [-0.25, -0.2) is 0 Å². The Morgan fingerprint density at radius 3 is 2.69 bits per heavy atom. The van der Waals surface area contributed by atoms with Crippen molar-refractivity contribution in [1.29, 1.82) is 0 Å². The summed E-state index contributed by atoms with van der Waals surface area (Å²) in [6.45, 7) is 5.57. The van der Waals surface area contributed by atoms with E-state index in [9.17, 15) is 4.79 Å². The Bertz CT molecular complexity index is 706. The standard InChI is InChI=1S/C21H28N2O2S/c1-3-25-18-15-19(17-7-5-4-6-8-17)26-20(18)21(24)22-12-9-16-10-13-23(2)14-11-16/h4-8,15-16H,3,9-14H2,1-2H3,(H,22,24). The van der Waals surface area contributed by atoms with Crippen molar-refractivity contribution >= 4 is 17.2 Å². The fraction of sp³-hybridized carbons (Fsp3) is 0.476. The molecule has 0 spiro atoms. The zero-order chi connectivity index (χ0) is 18.4. The first-order valence-electron chi connectivity index (χ1n) is 9.46. The van der Waals surface area contributed by atoms with E-state index in [1.165, 1.54) is 37.3 Å². The van der Waals surface area contributed by atoms with Crippen LogP contribution in [0.5, 0.6) is 5.75 Å². The van der Waals surface area contributed by atoms with Gasteiger partial charge in [-0.2, -0.15) is 0 Å². The quantitative estimate of drug-likeness (QED) is 0.789. The molecule has 2 aromatic rings. The number of nitrogens with zero attached hydrogens (tertiary/aromatic N) is 1. The van der Waals surface area contributed by atoms with Crippen molar-refractivity contribution in [1.82, 2.24) is 10.2 Å². The van der Waals surface area contributed by atoms with E-state index < -0.39 is 0 Å². The fourth-order valence-electron chi connectivity index (χ4n) is 3.36. The van der Waals surface area contributed by atoms with Gasteiger partial charge < -0.3 is 15.0 Å². The van der Waals surface area contributed by atoms with Crippen molar-refractivity contribution in [3.8, 4) is 16.2 Å². The first-order chi connectivity index (χ1) is 12.7. The smallest absolute Gasteiger partial charge is 0.265 e. The first-order valence-corrected chi connectivity index (χ1v) is 10.3. The second kappa shape index (κ2) is 9.19. The Morgan fingerprint density at radius 1 is 1.27 bits per heavy atom. The monoisotopic (exact) mass is 372 g/mol. The summed E-state index contributed by atoms with van der Waals surface area (Å²) in [5.74, 6) is 1.39. The van der Waals surface area contributed by atoms with Gasteiger partial charge in [-0.3, -0.25) is 4.79 Å². The van der Waals surface area contributed by atoms with E-state index in [-0.39, 0.29) is 5.91 Å². The molecule has 1 aromatic carbocycles. The molecule has 3 rings (SSSR count). The Balaban J connectivity index is 1.61. The number of thiophene rings is 1. The topological polar surface area (TPSA) is 41.6 Å². The van der Waals surface area contributed by atoms with Crippen molar-refractivity contribution in [2.45, 2.75) is 26.2 Å². The van der Waals surface area contributed by atoms with Crippen LogP contribution in [0.25, 0.3) is 10.4 Å². The molecule has 1 aliphatic rings. The lowest BCUT2D eigenvalue weighted by Crippen LogP contribution is -2.32. The molecule has 0 atom stereocenters. The van der Waals surface area contributed by atoms with Crippen molar-refractivity contribution in [3.05, 3.63) is 41.3 Å². The number of carbonyl (C=O) groups excluding carboxylic acids is 1. The normalized spacial score (nSPS) is 15.8. The number of nitrogens with one attached hydrogen (secondary N) is 1. The van der Waals surface area contributed by atoms with Crippen LogP contribution in [0.1, 0.15) is 35.9 Å². The summed E-state index contributed by atoms with van der Waals surface area (Å²) in [4.78, 5) is 16.8. The van der Waals surface area contributed by atoms with Crippen molar-refractivity contribution < 1.29 is 9.53 Å². The van der Waals surface area contributed by atoms with Gasteiger partial charge in [-0.15, -0.1) is 11.3 Å². The van der Waals surface area contributed by atoms with Gasteiger partial charge in [-0.05, 0) is 63.9 Å². The third-order valence-electron chi connectivity index (χ3n) is 4.94. The number of likely N-dealkylation sites (tertiary alicyclic amines) is 1. The summed E-state index contributed by atoms with van der Waals surface area (Å²) < 4.78 is 5.71. The second-order valence-electron chi connectivity index (χ2n) is 6.89. The van der Waals surface area contributed by atoms with E-state index in [1.807, 2.05) is 31.2 Å². The summed E-state index contributed by atoms with van der Waals surface area (Å²) in [5, 5.41) is 3.10. The summed E-state index contributed by atoms with van der Waals surface area (Å²) in [7, 11) is 2.17. The highest BCUT2D eigenvalue weighted by Crippen LogP contribution is 2.36. The minimum absolute atomic E-state index is 0.0199. The summed E-state index contributed by atoms with van der Waals surface area (Å²) >= 11 is 1.50. The van der Waals surface area contributed by atoms with Crippen LogP contribution < -0.4 is 10.1 Å². The van der Waals surface area contributed by atoms with E-state index in [0.717, 1.165) is 29.3 Å². The number of hydrogen-bond donors (Lipinski definition) is 1. The van der Waals surface area contributed by atoms with E-state index in [0.29, 0.717) is 17.2 Å². The lowest BCUT2D eigenvalue weighted by atomic mass is 9.94. The van der Waals surface area contributed by atoms with Crippen molar-refractivity contribution in [3.63, 3.8) is 0 Å². The molecule has 0 aliphatic carbocycles. The van der Waals surface area contributed by atoms with Gasteiger partial charge in [0, 0.05) is 11.4 Å². The lowest BCUT2D eigenvalue weighted by molar-refractivity contribution is 0.0949. The van der Waals surface area contributed by atoms with Crippen LogP contribution in [0.2, 0.25) is 0 Å². The van der Waals surface area contributed by atoms with Crippen LogP contribution in [-0.2, 0) is 0 Å². The van der Waals surface area contributed by atoms with E-state index in [2.05, 4.69) is 29.4 Å². The highest BCUT2D eigenvalue weighted by Gasteiger charge is 2.20. The molecule has 1 saturated heterocycles. The molecular weight excluding hydrogens is 344 g/mol. The number of piperidine rings is 1. The molecule has 26 heavy (non-hydrogen) atoms. The average molecular weight is 373 g/mol. The summed E-state index contributed by atoms with van der Waals surface area (Å²) in [6, 6.07) is 12.1. The van der Waals surface area contributed by atoms with E-state index in [1.54, 1.807) is 0 Å². The minimum atomic E-state index is -0.0199. The van der Waals surface area contributed by atoms with Crippen LogP contribution in [-0.4, -0.2) is 44.1 Å². The zero-order valence-electron chi connectivity index (χ0n) is 15.7. The maximum absolute atomic E-state index is 12.7. The third kappa shape index (κ3) is 4.86. The maximum atomic E-state index is 12.7. The molecule has 1 aliphatic heterocycles. The zero-order valence-corrected chi connectivity index (χ0v) is 16.5. The van der Waals surface area contributed by atoms with Crippen molar-refractivity contribution in [2.75, 3.05) is 33.3 Å². The molecule has 0 unspecified atom stereocenters. The summed E-state index contributed by atoms with van der Waals surface area (Å²) in [5.41, 5.74) is 1.11. The highest BCUT2D eigenvalue weighted by molar-refractivity contribution is 7.17. The predicted molar refractivity (Wildman–Crippen MR) is 108 cm³/mol. The van der Waals surface area contributed by atoms with E-state index >= 15 is 0 Å². The molecule has 1 amide bonds. The number of rotatable bonds is 7.